The second-order valence-corrected chi connectivity index (χ2v) is 4.60. The second kappa shape index (κ2) is 5.41. The third-order valence-corrected chi connectivity index (χ3v) is 3.40. The highest BCUT2D eigenvalue weighted by Crippen LogP contribution is 2.31. The third kappa shape index (κ3) is 2.80. The molecule has 0 bridgehead atoms. The van der Waals surface area contributed by atoms with Crippen LogP contribution in [0, 0.1) is 0 Å². The summed E-state index contributed by atoms with van der Waals surface area (Å²) in [5, 5.41) is 0. The van der Waals surface area contributed by atoms with Gasteiger partial charge in [-0.25, -0.2) is 0 Å². The number of pyridine rings is 1. The summed E-state index contributed by atoms with van der Waals surface area (Å²) < 4.78 is 6.04. The van der Waals surface area contributed by atoms with E-state index in [1.807, 2.05) is 18.3 Å². The maximum atomic E-state index is 6.04. The number of nitrogens with two attached hydrogens (primary N) is 1. The maximum absolute atomic E-state index is 6.04. The van der Waals surface area contributed by atoms with Gasteiger partial charge in [-0.2, -0.15) is 0 Å². The summed E-state index contributed by atoms with van der Waals surface area (Å²) in [6, 6.07) is 3.98. The number of ether oxygens (including phenoxy) is 1. The van der Waals surface area contributed by atoms with Crippen LogP contribution >= 0.6 is 0 Å². The predicted octanol–water partition coefficient (Wildman–Crippen LogP) is 2.26. The molecule has 16 heavy (non-hydrogen) atoms. The van der Waals surface area contributed by atoms with E-state index in [0.29, 0.717) is 13.2 Å². The summed E-state index contributed by atoms with van der Waals surface area (Å²) in [6.07, 6.45) is 9.63. The number of hydrogen-bond donors (Lipinski definition) is 1. The van der Waals surface area contributed by atoms with E-state index in [9.17, 15) is 0 Å². The molecule has 0 saturated heterocycles. The van der Waals surface area contributed by atoms with E-state index in [-0.39, 0.29) is 5.60 Å². The van der Waals surface area contributed by atoms with Crippen molar-refractivity contribution in [1.82, 2.24) is 4.98 Å². The van der Waals surface area contributed by atoms with Gasteiger partial charge in [0.1, 0.15) is 0 Å². The van der Waals surface area contributed by atoms with Crippen LogP contribution in [0.2, 0.25) is 0 Å². The zero-order chi connectivity index (χ0) is 11.3. The van der Waals surface area contributed by atoms with Crippen LogP contribution in [-0.4, -0.2) is 17.1 Å². The Morgan fingerprint density at radius 2 is 2.12 bits per heavy atom. The SMILES string of the molecule is NCC1(OCc2cccnc2)CCCCC1. The average Bonchev–Trinajstić information content (AvgIpc) is 2.39. The molecule has 88 valence electrons. The smallest absolute Gasteiger partial charge is 0.0808 e. The molecule has 1 aromatic rings. The molecule has 0 aromatic carbocycles. The summed E-state index contributed by atoms with van der Waals surface area (Å²) in [5.41, 5.74) is 6.91. The molecule has 3 heteroatoms. The van der Waals surface area contributed by atoms with Gasteiger partial charge in [0.2, 0.25) is 0 Å². The van der Waals surface area contributed by atoms with Crippen LogP contribution in [0.15, 0.2) is 24.5 Å². The highest BCUT2D eigenvalue weighted by molar-refractivity contribution is 5.07. The highest BCUT2D eigenvalue weighted by atomic mass is 16.5. The zero-order valence-corrected chi connectivity index (χ0v) is 9.69. The van der Waals surface area contributed by atoms with Gasteiger partial charge in [0, 0.05) is 18.9 Å². The van der Waals surface area contributed by atoms with E-state index >= 15 is 0 Å². The van der Waals surface area contributed by atoms with Crippen molar-refractivity contribution < 1.29 is 4.74 Å². The fourth-order valence-electron chi connectivity index (χ4n) is 2.32. The fraction of sp³-hybridized carbons (Fsp3) is 0.615. The zero-order valence-electron chi connectivity index (χ0n) is 9.69. The van der Waals surface area contributed by atoms with Gasteiger partial charge >= 0.3 is 0 Å². The van der Waals surface area contributed by atoms with Crippen LogP contribution in [0.1, 0.15) is 37.7 Å². The van der Waals surface area contributed by atoms with Crippen molar-refractivity contribution in [2.75, 3.05) is 6.54 Å². The molecule has 1 heterocycles. The molecule has 1 aliphatic carbocycles. The summed E-state index contributed by atoms with van der Waals surface area (Å²) in [6.45, 7) is 1.26. The predicted molar refractivity (Wildman–Crippen MR) is 63.9 cm³/mol. The Bertz CT molecular complexity index is 307. The van der Waals surface area contributed by atoms with Crippen LogP contribution in [0.3, 0.4) is 0 Å². The first kappa shape index (κ1) is 11.6. The van der Waals surface area contributed by atoms with Crippen molar-refractivity contribution >= 4 is 0 Å². The first-order valence-corrected chi connectivity index (χ1v) is 6.08. The van der Waals surface area contributed by atoms with Crippen LogP contribution in [0.25, 0.3) is 0 Å². The van der Waals surface area contributed by atoms with E-state index in [0.717, 1.165) is 18.4 Å². The van der Waals surface area contributed by atoms with Crippen LogP contribution in [0.5, 0.6) is 0 Å². The van der Waals surface area contributed by atoms with Gasteiger partial charge in [-0.05, 0) is 24.5 Å². The lowest BCUT2D eigenvalue weighted by Gasteiger charge is -2.36. The Morgan fingerprint density at radius 3 is 2.75 bits per heavy atom. The van der Waals surface area contributed by atoms with Gasteiger partial charge in [-0.1, -0.05) is 25.3 Å². The van der Waals surface area contributed by atoms with Gasteiger partial charge < -0.3 is 10.5 Å². The molecule has 1 saturated carbocycles. The standard InChI is InChI=1S/C13H20N2O/c14-11-13(6-2-1-3-7-13)16-10-12-5-4-8-15-9-12/h4-5,8-9H,1-3,6-7,10-11,14H2. The summed E-state index contributed by atoms with van der Waals surface area (Å²) in [4.78, 5) is 4.09. The number of hydrogen-bond acceptors (Lipinski definition) is 3. The minimum Gasteiger partial charge on any atom is -0.369 e. The monoisotopic (exact) mass is 220 g/mol. The lowest BCUT2D eigenvalue weighted by Crippen LogP contribution is -2.42. The minimum absolute atomic E-state index is 0.0753. The average molecular weight is 220 g/mol. The number of aromatic nitrogens is 1. The molecule has 0 atom stereocenters. The van der Waals surface area contributed by atoms with Crippen molar-refractivity contribution in [3.63, 3.8) is 0 Å². The van der Waals surface area contributed by atoms with Crippen LogP contribution < -0.4 is 5.73 Å². The van der Waals surface area contributed by atoms with Crippen LogP contribution in [0.4, 0.5) is 0 Å². The van der Waals surface area contributed by atoms with Gasteiger partial charge in [-0.15, -0.1) is 0 Å². The Labute approximate surface area is 97.0 Å². The van der Waals surface area contributed by atoms with Gasteiger partial charge in [0.05, 0.1) is 12.2 Å². The lowest BCUT2D eigenvalue weighted by atomic mass is 9.84. The molecule has 1 aliphatic rings. The summed E-state index contributed by atoms with van der Waals surface area (Å²) in [7, 11) is 0. The van der Waals surface area contributed by atoms with E-state index < -0.39 is 0 Å². The van der Waals surface area contributed by atoms with Gasteiger partial charge in [0.25, 0.3) is 0 Å². The molecule has 3 nitrogen and oxygen atoms in total. The van der Waals surface area contributed by atoms with Gasteiger partial charge in [-0.3, -0.25) is 4.98 Å². The van der Waals surface area contributed by atoms with Crippen LogP contribution in [-0.2, 0) is 11.3 Å². The molecule has 1 aromatic heterocycles. The van der Waals surface area contributed by atoms with E-state index in [4.69, 9.17) is 10.5 Å². The molecule has 0 aliphatic heterocycles. The van der Waals surface area contributed by atoms with Crippen molar-refractivity contribution in [3.05, 3.63) is 30.1 Å². The molecular weight excluding hydrogens is 200 g/mol. The molecule has 1 fully saturated rings. The Morgan fingerprint density at radius 1 is 1.31 bits per heavy atom. The second-order valence-electron chi connectivity index (χ2n) is 4.60. The lowest BCUT2D eigenvalue weighted by molar-refractivity contribution is -0.0734. The van der Waals surface area contributed by atoms with E-state index in [1.54, 1.807) is 6.20 Å². The molecule has 0 radical (unpaired) electrons. The molecule has 0 unspecified atom stereocenters. The largest absolute Gasteiger partial charge is 0.369 e. The normalized spacial score (nSPS) is 19.6. The van der Waals surface area contributed by atoms with Crippen molar-refractivity contribution in [2.45, 2.75) is 44.3 Å². The molecule has 0 amide bonds. The van der Waals surface area contributed by atoms with Crippen molar-refractivity contribution in [3.8, 4) is 0 Å². The Balaban J connectivity index is 1.92. The quantitative estimate of drug-likeness (QED) is 0.846. The molecule has 0 spiro atoms. The first-order chi connectivity index (χ1) is 7.85. The molecule has 2 N–H and O–H groups in total. The van der Waals surface area contributed by atoms with Crippen molar-refractivity contribution in [2.24, 2.45) is 5.73 Å². The molecular formula is C13H20N2O. The maximum Gasteiger partial charge on any atom is 0.0808 e. The fourth-order valence-corrected chi connectivity index (χ4v) is 2.32. The van der Waals surface area contributed by atoms with Crippen molar-refractivity contribution in [1.29, 1.82) is 0 Å². The Hall–Kier alpha value is -0.930. The minimum atomic E-state index is -0.0753. The topological polar surface area (TPSA) is 48.1 Å². The molecule has 2 rings (SSSR count). The first-order valence-electron chi connectivity index (χ1n) is 6.08. The Kier molecular flexibility index (Phi) is 3.91. The number of rotatable bonds is 4. The number of nitrogens with zero attached hydrogens (tertiary/aromatic N) is 1. The summed E-state index contributed by atoms with van der Waals surface area (Å²) >= 11 is 0. The van der Waals surface area contributed by atoms with E-state index in [2.05, 4.69) is 4.98 Å². The van der Waals surface area contributed by atoms with E-state index in [1.165, 1.54) is 19.3 Å². The summed E-state index contributed by atoms with van der Waals surface area (Å²) in [5.74, 6) is 0. The van der Waals surface area contributed by atoms with Gasteiger partial charge in [0.15, 0.2) is 0 Å². The third-order valence-electron chi connectivity index (χ3n) is 3.40. The highest BCUT2D eigenvalue weighted by Gasteiger charge is 2.31.